The van der Waals surface area contributed by atoms with Crippen LogP contribution in [0.25, 0.3) is 11.0 Å². The highest BCUT2D eigenvalue weighted by molar-refractivity contribution is 5.76. The Morgan fingerprint density at radius 1 is 1.40 bits per heavy atom. The second-order valence-electron chi connectivity index (χ2n) is 5.92. The summed E-state index contributed by atoms with van der Waals surface area (Å²) in [5, 5.41) is 9.08. The van der Waals surface area contributed by atoms with Crippen LogP contribution in [0, 0.1) is 5.41 Å². The van der Waals surface area contributed by atoms with Crippen molar-refractivity contribution in [2.75, 3.05) is 0 Å². The zero-order chi connectivity index (χ0) is 14.2. The summed E-state index contributed by atoms with van der Waals surface area (Å²) in [5.74, 6) is 0.398. The lowest BCUT2D eigenvalue weighted by molar-refractivity contribution is -0.138. The Balaban J connectivity index is 1.97. The molecule has 0 bridgehead atoms. The number of hydrogen-bond acceptors (Lipinski definition) is 2. The van der Waals surface area contributed by atoms with Crippen LogP contribution < -0.4 is 0 Å². The summed E-state index contributed by atoms with van der Waals surface area (Å²) >= 11 is 0. The Labute approximate surface area is 118 Å². The molecule has 0 aliphatic heterocycles. The fraction of sp³-hybridized carbons (Fsp3) is 0.500. The number of imidazole rings is 1. The molecule has 0 amide bonds. The van der Waals surface area contributed by atoms with Crippen LogP contribution in [0.3, 0.4) is 0 Å². The number of para-hydroxylation sites is 2. The molecular formula is C16H20N2O2. The SMILES string of the molecule is CCCc1nc2ccccc2n1CC1(CC(=O)O)CC1. The summed E-state index contributed by atoms with van der Waals surface area (Å²) < 4.78 is 2.24. The minimum Gasteiger partial charge on any atom is -0.481 e. The second kappa shape index (κ2) is 4.93. The third-order valence-corrected chi connectivity index (χ3v) is 4.18. The lowest BCUT2D eigenvalue weighted by atomic mass is 10.0. The first-order chi connectivity index (χ1) is 9.63. The van der Waals surface area contributed by atoms with E-state index in [0.29, 0.717) is 0 Å². The van der Waals surface area contributed by atoms with E-state index in [1.54, 1.807) is 0 Å². The molecule has 1 saturated carbocycles. The van der Waals surface area contributed by atoms with E-state index < -0.39 is 5.97 Å². The van der Waals surface area contributed by atoms with Gasteiger partial charge in [0.2, 0.25) is 0 Å². The van der Waals surface area contributed by atoms with Crippen LogP contribution in [-0.4, -0.2) is 20.6 Å². The first-order valence-corrected chi connectivity index (χ1v) is 7.29. The minimum atomic E-state index is -0.691. The van der Waals surface area contributed by atoms with Gasteiger partial charge in [0.15, 0.2) is 0 Å². The molecule has 1 aliphatic carbocycles. The molecule has 4 nitrogen and oxygen atoms in total. The zero-order valence-corrected chi connectivity index (χ0v) is 11.8. The standard InChI is InChI=1S/C16H20N2O2/c1-2-5-14-17-12-6-3-4-7-13(12)18(14)11-16(8-9-16)10-15(19)20/h3-4,6-7H,2,5,8-11H2,1H3,(H,19,20). The monoisotopic (exact) mass is 272 g/mol. The van der Waals surface area contributed by atoms with Gasteiger partial charge >= 0.3 is 5.97 Å². The van der Waals surface area contributed by atoms with Gasteiger partial charge in [-0.15, -0.1) is 0 Å². The molecule has 3 rings (SSSR count). The first-order valence-electron chi connectivity index (χ1n) is 7.29. The fourth-order valence-electron chi connectivity index (χ4n) is 2.94. The molecule has 0 unspecified atom stereocenters. The van der Waals surface area contributed by atoms with Gasteiger partial charge in [-0.25, -0.2) is 4.98 Å². The van der Waals surface area contributed by atoms with Crippen molar-refractivity contribution >= 4 is 17.0 Å². The van der Waals surface area contributed by atoms with Crippen LogP contribution in [0.5, 0.6) is 0 Å². The largest absolute Gasteiger partial charge is 0.481 e. The maximum absolute atomic E-state index is 11.0. The van der Waals surface area contributed by atoms with E-state index in [2.05, 4.69) is 17.6 Å². The van der Waals surface area contributed by atoms with Crippen LogP contribution >= 0.6 is 0 Å². The number of aryl methyl sites for hydroxylation is 1. The molecule has 0 atom stereocenters. The summed E-state index contributed by atoms with van der Waals surface area (Å²) in [7, 11) is 0. The molecule has 106 valence electrons. The van der Waals surface area contributed by atoms with Gasteiger partial charge < -0.3 is 9.67 Å². The third kappa shape index (κ3) is 2.42. The molecule has 0 saturated heterocycles. The van der Waals surface area contributed by atoms with E-state index in [9.17, 15) is 4.79 Å². The highest BCUT2D eigenvalue weighted by Crippen LogP contribution is 2.50. The van der Waals surface area contributed by atoms with Gasteiger partial charge in [-0.3, -0.25) is 4.79 Å². The lowest BCUT2D eigenvalue weighted by Crippen LogP contribution is -2.17. The first kappa shape index (κ1) is 13.2. The number of benzene rings is 1. The minimum absolute atomic E-state index is 0.0439. The van der Waals surface area contributed by atoms with Crippen molar-refractivity contribution in [3.8, 4) is 0 Å². The number of carboxylic acid groups (broad SMARTS) is 1. The Morgan fingerprint density at radius 3 is 2.80 bits per heavy atom. The Bertz CT molecular complexity index is 641. The number of rotatable bonds is 6. The lowest BCUT2D eigenvalue weighted by Gasteiger charge is -2.16. The van der Waals surface area contributed by atoms with Crippen LogP contribution in [0.2, 0.25) is 0 Å². The maximum Gasteiger partial charge on any atom is 0.303 e. The van der Waals surface area contributed by atoms with Gasteiger partial charge in [0.25, 0.3) is 0 Å². The van der Waals surface area contributed by atoms with Crippen LogP contribution in [-0.2, 0) is 17.8 Å². The number of carboxylic acids is 1. The Hall–Kier alpha value is -1.84. The zero-order valence-electron chi connectivity index (χ0n) is 11.8. The van der Waals surface area contributed by atoms with Crippen molar-refractivity contribution in [2.24, 2.45) is 5.41 Å². The van der Waals surface area contributed by atoms with E-state index in [-0.39, 0.29) is 11.8 Å². The Morgan fingerprint density at radius 2 is 2.15 bits per heavy atom. The predicted molar refractivity (Wildman–Crippen MR) is 77.6 cm³/mol. The number of nitrogens with zero attached hydrogens (tertiary/aromatic N) is 2. The summed E-state index contributed by atoms with van der Waals surface area (Å²) in [6, 6.07) is 8.13. The summed E-state index contributed by atoms with van der Waals surface area (Å²) in [5.41, 5.74) is 2.10. The van der Waals surface area contributed by atoms with Crippen molar-refractivity contribution < 1.29 is 9.90 Å². The third-order valence-electron chi connectivity index (χ3n) is 4.18. The maximum atomic E-state index is 11.0. The average Bonchev–Trinajstić information content (AvgIpc) is 3.06. The number of fused-ring (bicyclic) bond motifs is 1. The summed E-state index contributed by atoms with van der Waals surface area (Å²) in [4.78, 5) is 15.7. The normalized spacial score (nSPS) is 16.4. The summed E-state index contributed by atoms with van der Waals surface area (Å²) in [6.45, 7) is 2.93. The van der Waals surface area contributed by atoms with Gasteiger partial charge in [0, 0.05) is 13.0 Å². The van der Waals surface area contributed by atoms with E-state index in [4.69, 9.17) is 10.1 Å². The molecule has 20 heavy (non-hydrogen) atoms. The van der Waals surface area contributed by atoms with Crippen molar-refractivity contribution in [1.82, 2.24) is 9.55 Å². The molecule has 1 aromatic heterocycles. The number of carbonyl (C=O) groups is 1. The van der Waals surface area contributed by atoms with Crippen LogP contribution in [0.15, 0.2) is 24.3 Å². The molecule has 1 fully saturated rings. The van der Waals surface area contributed by atoms with Crippen molar-refractivity contribution in [1.29, 1.82) is 0 Å². The van der Waals surface area contributed by atoms with Crippen LogP contribution in [0.1, 0.15) is 38.4 Å². The topological polar surface area (TPSA) is 55.1 Å². The van der Waals surface area contributed by atoms with E-state index in [0.717, 1.165) is 49.1 Å². The Kier molecular flexibility index (Phi) is 3.24. The van der Waals surface area contributed by atoms with Crippen molar-refractivity contribution in [3.05, 3.63) is 30.1 Å². The van der Waals surface area contributed by atoms with Gasteiger partial charge in [0.1, 0.15) is 5.82 Å². The van der Waals surface area contributed by atoms with Gasteiger partial charge in [-0.05, 0) is 36.8 Å². The number of hydrogen-bond donors (Lipinski definition) is 1. The number of aliphatic carboxylic acids is 1. The van der Waals surface area contributed by atoms with E-state index in [1.807, 2.05) is 18.2 Å². The average molecular weight is 272 g/mol. The van der Waals surface area contributed by atoms with Crippen LogP contribution in [0.4, 0.5) is 0 Å². The molecule has 0 radical (unpaired) electrons. The molecule has 2 aromatic rings. The predicted octanol–water partition coefficient (Wildman–Crippen LogP) is 3.24. The van der Waals surface area contributed by atoms with Crippen molar-refractivity contribution in [2.45, 2.75) is 45.6 Å². The van der Waals surface area contributed by atoms with E-state index in [1.165, 1.54) is 0 Å². The highest BCUT2D eigenvalue weighted by atomic mass is 16.4. The fourth-order valence-corrected chi connectivity index (χ4v) is 2.94. The number of aromatic nitrogens is 2. The van der Waals surface area contributed by atoms with Gasteiger partial charge in [-0.1, -0.05) is 19.1 Å². The molecule has 0 spiro atoms. The highest BCUT2D eigenvalue weighted by Gasteiger charge is 2.45. The molecular weight excluding hydrogens is 252 g/mol. The van der Waals surface area contributed by atoms with E-state index >= 15 is 0 Å². The molecule has 4 heteroatoms. The molecule has 1 aliphatic rings. The molecule has 1 N–H and O–H groups in total. The quantitative estimate of drug-likeness (QED) is 0.878. The summed E-state index contributed by atoms with van der Waals surface area (Å²) in [6.07, 6.45) is 4.28. The van der Waals surface area contributed by atoms with Gasteiger partial charge in [0.05, 0.1) is 17.5 Å². The van der Waals surface area contributed by atoms with Crippen molar-refractivity contribution in [3.63, 3.8) is 0 Å². The van der Waals surface area contributed by atoms with Gasteiger partial charge in [-0.2, -0.15) is 0 Å². The second-order valence-corrected chi connectivity index (χ2v) is 5.92. The molecule has 1 heterocycles. The molecule has 1 aromatic carbocycles. The smallest absolute Gasteiger partial charge is 0.303 e.